The van der Waals surface area contributed by atoms with Crippen LogP contribution in [0.3, 0.4) is 0 Å². The molecule has 1 heterocycles. The van der Waals surface area contributed by atoms with E-state index in [2.05, 4.69) is 33.1 Å². The van der Waals surface area contributed by atoms with E-state index in [-0.39, 0.29) is 5.97 Å². The first-order valence-electron chi connectivity index (χ1n) is 7.82. The number of azo groups is 1. The molecule has 0 N–H and O–H groups in total. The molecule has 0 spiro atoms. The van der Waals surface area contributed by atoms with E-state index in [0.29, 0.717) is 18.3 Å². The van der Waals surface area contributed by atoms with Crippen molar-refractivity contribution in [1.29, 1.82) is 0 Å². The third kappa shape index (κ3) is 5.13. The minimum Gasteiger partial charge on any atom is -0.464 e. The van der Waals surface area contributed by atoms with Gasteiger partial charge in [-0.15, -0.1) is 10.2 Å². The number of nitrogens with zero attached hydrogens (tertiary/aromatic N) is 4. The maximum absolute atomic E-state index is 10.9. The number of hydrogen-bond acceptors (Lipinski definition) is 7. The SMILES string of the molecule is CCN(CCOC(C)=O)c1ccc(N=Nc2ncc(C)s2)c(C)c1. The van der Waals surface area contributed by atoms with Crippen molar-refractivity contribution in [3.8, 4) is 0 Å². The zero-order valence-electron chi connectivity index (χ0n) is 14.4. The molecule has 0 aliphatic heterocycles. The van der Waals surface area contributed by atoms with Gasteiger partial charge in [-0.25, -0.2) is 4.98 Å². The lowest BCUT2D eigenvalue weighted by Gasteiger charge is -2.23. The highest BCUT2D eigenvalue weighted by molar-refractivity contribution is 7.15. The Hall–Kier alpha value is -2.28. The lowest BCUT2D eigenvalue weighted by atomic mass is 10.1. The average Bonchev–Trinajstić information content (AvgIpc) is 2.95. The molecular formula is C17H22N4O2S. The van der Waals surface area contributed by atoms with Gasteiger partial charge in [-0.05, 0) is 44.5 Å². The number of thiazole rings is 1. The Morgan fingerprint density at radius 1 is 1.33 bits per heavy atom. The van der Waals surface area contributed by atoms with Crippen molar-refractivity contribution in [2.75, 3.05) is 24.6 Å². The van der Waals surface area contributed by atoms with Crippen LogP contribution in [0.1, 0.15) is 24.3 Å². The molecule has 0 radical (unpaired) electrons. The van der Waals surface area contributed by atoms with Crippen LogP contribution in [0.4, 0.5) is 16.5 Å². The molecule has 2 rings (SSSR count). The van der Waals surface area contributed by atoms with Crippen LogP contribution in [0.2, 0.25) is 0 Å². The van der Waals surface area contributed by atoms with Crippen molar-refractivity contribution in [2.24, 2.45) is 10.2 Å². The fourth-order valence-corrected chi connectivity index (χ4v) is 2.78. The van der Waals surface area contributed by atoms with Crippen molar-refractivity contribution < 1.29 is 9.53 Å². The van der Waals surface area contributed by atoms with E-state index >= 15 is 0 Å². The number of carbonyl (C=O) groups excluding carboxylic acids is 1. The molecule has 6 nitrogen and oxygen atoms in total. The van der Waals surface area contributed by atoms with Gasteiger partial charge in [-0.2, -0.15) is 0 Å². The minimum absolute atomic E-state index is 0.254. The number of likely N-dealkylation sites (N-methyl/N-ethyl adjacent to an activating group) is 1. The number of esters is 1. The summed E-state index contributed by atoms with van der Waals surface area (Å²) in [4.78, 5) is 18.3. The average molecular weight is 346 g/mol. The maximum atomic E-state index is 10.9. The summed E-state index contributed by atoms with van der Waals surface area (Å²) in [6.45, 7) is 9.37. The van der Waals surface area contributed by atoms with Crippen LogP contribution in [-0.4, -0.2) is 30.6 Å². The van der Waals surface area contributed by atoms with Crippen LogP contribution in [0.25, 0.3) is 0 Å². The predicted molar refractivity (Wildman–Crippen MR) is 96.7 cm³/mol. The van der Waals surface area contributed by atoms with Gasteiger partial charge in [0.25, 0.3) is 0 Å². The lowest BCUT2D eigenvalue weighted by molar-refractivity contribution is -0.140. The molecule has 0 saturated heterocycles. The van der Waals surface area contributed by atoms with Crippen molar-refractivity contribution in [3.05, 3.63) is 34.8 Å². The minimum atomic E-state index is -0.254. The quantitative estimate of drug-likeness (QED) is 0.544. The summed E-state index contributed by atoms with van der Waals surface area (Å²) in [5.41, 5.74) is 2.93. The van der Waals surface area contributed by atoms with Crippen molar-refractivity contribution in [2.45, 2.75) is 27.7 Å². The third-order valence-corrected chi connectivity index (χ3v) is 4.24. The van der Waals surface area contributed by atoms with Crippen molar-refractivity contribution in [1.82, 2.24) is 4.98 Å². The highest BCUT2D eigenvalue weighted by atomic mass is 32.1. The summed E-state index contributed by atoms with van der Waals surface area (Å²) in [7, 11) is 0. The van der Waals surface area contributed by atoms with Gasteiger partial charge in [0.2, 0.25) is 5.13 Å². The number of aryl methyl sites for hydroxylation is 2. The summed E-state index contributed by atoms with van der Waals surface area (Å²) >= 11 is 1.51. The summed E-state index contributed by atoms with van der Waals surface area (Å²) in [5.74, 6) is -0.254. The van der Waals surface area contributed by atoms with Crippen LogP contribution in [0, 0.1) is 13.8 Å². The number of ether oxygens (including phenoxy) is 1. The highest BCUT2D eigenvalue weighted by Crippen LogP contribution is 2.28. The fourth-order valence-electron chi connectivity index (χ4n) is 2.20. The van der Waals surface area contributed by atoms with E-state index in [4.69, 9.17) is 4.74 Å². The van der Waals surface area contributed by atoms with Gasteiger partial charge >= 0.3 is 5.97 Å². The van der Waals surface area contributed by atoms with Gasteiger partial charge in [0, 0.05) is 30.2 Å². The Morgan fingerprint density at radius 2 is 2.12 bits per heavy atom. The standard InChI is InChI=1S/C17H22N4O2S/c1-5-21(8-9-23-14(4)22)15-6-7-16(12(2)10-15)19-20-17-18-11-13(3)24-17/h6-7,10-11H,5,8-9H2,1-4H3. The second-order valence-electron chi connectivity index (χ2n) is 5.34. The van der Waals surface area contributed by atoms with E-state index < -0.39 is 0 Å². The Balaban J connectivity index is 2.07. The van der Waals surface area contributed by atoms with Crippen LogP contribution in [0.5, 0.6) is 0 Å². The lowest BCUT2D eigenvalue weighted by Crippen LogP contribution is -2.27. The van der Waals surface area contributed by atoms with Gasteiger partial charge in [0.05, 0.1) is 12.2 Å². The molecule has 0 fully saturated rings. The van der Waals surface area contributed by atoms with Gasteiger partial charge in [0.1, 0.15) is 6.61 Å². The first kappa shape index (κ1) is 18.1. The molecule has 0 aliphatic rings. The maximum Gasteiger partial charge on any atom is 0.302 e. The number of carbonyl (C=O) groups is 1. The summed E-state index contributed by atoms with van der Waals surface area (Å²) in [6.07, 6.45) is 1.79. The number of anilines is 1. The van der Waals surface area contributed by atoms with Gasteiger partial charge in [-0.1, -0.05) is 11.3 Å². The number of aromatic nitrogens is 1. The highest BCUT2D eigenvalue weighted by Gasteiger charge is 2.07. The monoisotopic (exact) mass is 346 g/mol. The van der Waals surface area contributed by atoms with Crippen molar-refractivity contribution in [3.63, 3.8) is 0 Å². The van der Waals surface area contributed by atoms with E-state index in [1.165, 1.54) is 18.3 Å². The fraction of sp³-hybridized carbons (Fsp3) is 0.412. The van der Waals surface area contributed by atoms with E-state index in [9.17, 15) is 4.79 Å². The Bertz CT molecular complexity index is 727. The Morgan fingerprint density at radius 3 is 2.71 bits per heavy atom. The number of hydrogen-bond donors (Lipinski definition) is 0. The second kappa shape index (κ2) is 8.54. The van der Waals surface area contributed by atoms with Crippen LogP contribution in [-0.2, 0) is 9.53 Å². The second-order valence-corrected chi connectivity index (χ2v) is 6.56. The van der Waals surface area contributed by atoms with E-state index in [1.807, 2.05) is 26.0 Å². The van der Waals surface area contributed by atoms with Crippen molar-refractivity contribution >= 4 is 33.8 Å². The molecule has 24 heavy (non-hydrogen) atoms. The molecule has 1 aromatic carbocycles. The predicted octanol–water partition coefficient (Wildman–Crippen LogP) is 4.56. The molecule has 0 saturated carbocycles. The zero-order valence-corrected chi connectivity index (χ0v) is 15.3. The largest absolute Gasteiger partial charge is 0.464 e. The summed E-state index contributed by atoms with van der Waals surface area (Å²) in [5, 5.41) is 9.13. The molecule has 0 bridgehead atoms. The van der Waals surface area contributed by atoms with Crippen LogP contribution < -0.4 is 4.90 Å². The van der Waals surface area contributed by atoms with Gasteiger partial charge in [-0.3, -0.25) is 4.79 Å². The molecule has 0 unspecified atom stereocenters. The zero-order chi connectivity index (χ0) is 17.5. The Labute approximate surface area is 146 Å². The van der Waals surface area contributed by atoms with Crippen LogP contribution in [0.15, 0.2) is 34.6 Å². The van der Waals surface area contributed by atoms with E-state index in [0.717, 1.165) is 28.4 Å². The van der Waals surface area contributed by atoms with Crippen LogP contribution >= 0.6 is 11.3 Å². The summed E-state index contributed by atoms with van der Waals surface area (Å²) < 4.78 is 5.02. The topological polar surface area (TPSA) is 67.2 Å². The molecule has 7 heteroatoms. The molecule has 1 aromatic heterocycles. The first-order valence-corrected chi connectivity index (χ1v) is 8.64. The molecule has 2 aromatic rings. The summed E-state index contributed by atoms with van der Waals surface area (Å²) in [6, 6.07) is 6.02. The van der Waals surface area contributed by atoms with E-state index in [1.54, 1.807) is 6.20 Å². The Kier molecular flexibility index (Phi) is 6.43. The molecule has 0 atom stereocenters. The molecule has 0 aliphatic carbocycles. The molecule has 0 amide bonds. The van der Waals surface area contributed by atoms with Gasteiger partial charge < -0.3 is 9.64 Å². The number of rotatable bonds is 7. The smallest absolute Gasteiger partial charge is 0.302 e. The number of benzene rings is 1. The first-order chi connectivity index (χ1) is 11.5. The third-order valence-electron chi connectivity index (χ3n) is 3.45. The molecular weight excluding hydrogens is 324 g/mol. The van der Waals surface area contributed by atoms with Gasteiger partial charge in [0.15, 0.2) is 0 Å². The normalized spacial score (nSPS) is 11.0. The molecule has 128 valence electrons.